The molecule has 0 aromatic heterocycles. The minimum absolute atomic E-state index is 0.0427. The summed E-state index contributed by atoms with van der Waals surface area (Å²) < 4.78 is 4.67. The summed E-state index contributed by atoms with van der Waals surface area (Å²) in [6, 6.07) is 0. The van der Waals surface area contributed by atoms with Gasteiger partial charge in [-0.05, 0) is 6.92 Å². The molecular formula is C9H16O3. The van der Waals surface area contributed by atoms with Gasteiger partial charge in [-0.25, -0.2) is 0 Å². The highest BCUT2D eigenvalue weighted by Gasteiger charge is 2.15. The number of carbonyl (C=O) groups excluding carboxylic acids is 1. The topological polar surface area (TPSA) is 46.5 Å². The van der Waals surface area contributed by atoms with Crippen molar-refractivity contribution in [2.24, 2.45) is 5.92 Å². The maximum Gasteiger partial charge on any atom is 0.308 e. The molecule has 12 heavy (non-hydrogen) atoms. The van der Waals surface area contributed by atoms with Crippen molar-refractivity contribution in [3.63, 3.8) is 0 Å². The van der Waals surface area contributed by atoms with E-state index >= 15 is 0 Å². The Balaban J connectivity index is 3.74. The third kappa shape index (κ3) is 4.13. The summed E-state index contributed by atoms with van der Waals surface area (Å²) in [4.78, 5) is 10.9. The van der Waals surface area contributed by atoms with E-state index in [4.69, 9.17) is 0 Å². The smallest absolute Gasteiger partial charge is 0.308 e. The first-order valence-electron chi connectivity index (χ1n) is 4.08. The van der Waals surface area contributed by atoms with E-state index in [-0.39, 0.29) is 18.3 Å². The van der Waals surface area contributed by atoms with Gasteiger partial charge in [-0.15, -0.1) is 6.58 Å². The molecule has 0 saturated carbocycles. The third-order valence-electron chi connectivity index (χ3n) is 1.66. The van der Waals surface area contributed by atoms with Gasteiger partial charge in [0.05, 0.1) is 19.1 Å². The van der Waals surface area contributed by atoms with Crippen LogP contribution < -0.4 is 0 Å². The van der Waals surface area contributed by atoms with Crippen LogP contribution in [0.1, 0.15) is 20.3 Å². The molecule has 0 aromatic rings. The minimum Gasteiger partial charge on any atom is -0.466 e. The maximum atomic E-state index is 10.9. The van der Waals surface area contributed by atoms with E-state index < -0.39 is 6.10 Å². The molecule has 2 atom stereocenters. The Morgan fingerprint density at radius 3 is 2.75 bits per heavy atom. The van der Waals surface area contributed by atoms with Gasteiger partial charge in [-0.3, -0.25) is 4.79 Å². The molecule has 0 fully saturated rings. The summed E-state index contributed by atoms with van der Waals surface area (Å²) in [6.45, 7) is 7.42. The lowest BCUT2D eigenvalue weighted by Crippen LogP contribution is -2.21. The zero-order chi connectivity index (χ0) is 9.56. The summed E-state index contributed by atoms with van der Waals surface area (Å²) >= 11 is 0. The molecule has 0 aliphatic carbocycles. The van der Waals surface area contributed by atoms with E-state index in [2.05, 4.69) is 11.3 Å². The number of aliphatic hydroxyl groups excluding tert-OH is 1. The lowest BCUT2D eigenvalue weighted by atomic mass is 10.0. The van der Waals surface area contributed by atoms with Gasteiger partial charge in [-0.2, -0.15) is 0 Å². The lowest BCUT2D eigenvalue weighted by molar-refractivity contribution is -0.145. The number of ether oxygens (including phenoxy) is 1. The Kier molecular flexibility index (Phi) is 5.37. The number of hydrogen-bond donors (Lipinski definition) is 1. The van der Waals surface area contributed by atoms with Gasteiger partial charge in [0.1, 0.15) is 0 Å². The average Bonchev–Trinajstić information content (AvgIpc) is 2.03. The van der Waals surface area contributed by atoms with Gasteiger partial charge in [0.2, 0.25) is 0 Å². The summed E-state index contributed by atoms with van der Waals surface area (Å²) in [5.74, 6) is -0.437. The lowest BCUT2D eigenvalue weighted by Gasteiger charge is -2.13. The molecule has 0 aliphatic rings. The molecule has 0 radical (unpaired) electrons. The van der Waals surface area contributed by atoms with Crippen LogP contribution in [0.4, 0.5) is 0 Å². The van der Waals surface area contributed by atoms with Crippen molar-refractivity contribution in [2.45, 2.75) is 26.4 Å². The van der Waals surface area contributed by atoms with Gasteiger partial charge in [0, 0.05) is 5.92 Å². The van der Waals surface area contributed by atoms with E-state index in [1.807, 2.05) is 0 Å². The van der Waals surface area contributed by atoms with Crippen LogP contribution in [0.2, 0.25) is 0 Å². The molecule has 2 unspecified atom stereocenters. The van der Waals surface area contributed by atoms with E-state index in [0.29, 0.717) is 6.61 Å². The summed E-state index contributed by atoms with van der Waals surface area (Å²) in [7, 11) is 0. The highest BCUT2D eigenvalue weighted by atomic mass is 16.5. The number of carbonyl (C=O) groups is 1. The molecule has 3 heteroatoms. The van der Waals surface area contributed by atoms with Gasteiger partial charge in [-0.1, -0.05) is 13.0 Å². The molecule has 0 bridgehead atoms. The van der Waals surface area contributed by atoms with Crippen molar-refractivity contribution in [1.82, 2.24) is 0 Å². The second-order valence-electron chi connectivity index (χ2n) is 2.67. The van der Waals surface area contributed by atoms with Crippen LogP contribution in [-0.2, 0) is 9.53 Å². The van der Waals surface area contributed by atoms with E-state index in [1.165, 1.54) is 0 Å². The Morgan fingerprint density at radius 1 is 1.75 bits per heavy atom. The van der Waals surface area contributed by atoms with Crippen molar-refractivity contribution in [3.8, 4) is 0 Å². The Morgan fingerprint density at radius 2 is 2.33 bits per heavy atom. The molecule has 0 spiro atoms. The fraction of sp³-hybridized carbons (Fsp3) is 0.667. The molecule has 0 aliphatic heterocycles. The van der Waals surface area contributed by atoms with Crippen molar-refractivity contribution in [2.75, 3.05) is 6.61 Å². The molecule has 0 amide bonds. The Hall–Kier alpha value is -0.830. The summed E-state index contributed by atoms with van der Waals surface area (Å²) in [5, 5.41) is 9.34. The first kappa shape index (κ1) is 11.2. The highest BCUT2D eigenvalue weighted by molar-refractivity contribution is 5.69. The van der Waals surface area contributed by atoms with E-state index in [1.54, 1.807) is 19.9 Å². The van der Waals surface area contributed by atoms with E-state index in [9.17, 15) is 9.90 Å². The van der Waals surface area contributed by atoms with Gasteiger partial charge in [0.25, 0.3) is 0 Å². The number of aliphatic hydroxyl groups is 1. The predicted octanol–water partition coefficient (Wildman–Crippen LogP) is 1.12. The molecular weight excluding hydrogens is 156 g/mol. The second kappa shape index (κ2) is 5.77. The van der Waals surface area contributed by atoms with Gasteiger partial charge >= 0.3 is 5.97 Å². The molecule has 70 valence electrons. The van der Waals surface area contributed by atoms with E-state index in [0.717, 1.165) is 0 Å². The molecule has 0 aromatic carbocycles. The molecule has 0 saturated heterocycles. The van der Waals surface area contributed by atoms with Crippen LogP contribution in [-0.4, -0.2) is 23.8 Å². The number of esters is 1. The van der Waals surface area contributed by atoms with Gasteiger partial charge in [0.15, 0.2) is 0 Å². The Labute approximate surface area is 73.0 Å². The third-order valence-corrected chi connectivity index (χ3v) is 1.66. The van der Waals surface area contributed by atoms with Gasteiger partial charge < -0.3 is 9.84 Å². The standard InChI is InChI=1S/C9H16O3/c1-4-7(3)8(10)6-9(11)12-5-2/h4,7-8,10H,1,5-6H2,2-3H3. The fourth-order valence-electron chi connectivity index (χ4n) is 0.734. The quantitative estimate of drug-likeness (QED) is 0.499. The monoisotopic (exact) mass is 172 g/mol. The summed E-state index contributed by atoms with van der Waals surface area (Å²) in [6.07, 6.45) is 0.979. The van der Waals surface area contributed by atoms with Crippen LogP contribution >= 0.6 is 0 Å². The highest BCUT2D eigenvalue weighted by Crippen LogP contribution is 2.08. The van der Waals surface area contributed by atoms with Crippen LogP contribution in [0, 0.1) is 5.92 Å². The first-order valence-corrected chi connectivity index (χ1v) is 4.08. The Bertz CT molecular complexity index is 154. The molecule has 3 nitrogen and oxygen atoms in total. The predicted molar refractivity (Wildman–Crippen MR) is 46.6 cm³/mol. The van der Waals surface area contributed by atoms with Crippen molar-refractivity contribution >= 4 is 5.97 Å². The fourth-order valence-corrected chi connectivity index (χ4v) is 0.734. The second-order valence-corrected chi connectivity index (χ2v) is 2.67. The van der Waals surface area contributed by atoms with Crippen LogP contribution in [0.25, 0.3) is 0 Å². The minimum atomic E-state index is -0.679. The number of hydrogen-bond acceptors (Lipinski definition) is 3. The van der Waals surface area contributed by atoms with Crippen LogP contribution in [0.15, 0.2) is 12.7 Å². The van der Waals surface area contributed by atoms with Crippen molar-refractivity contribution < 1.29 is 14.6 Å². The first-order chi connectivity index (χ1) is 5.61. The maximum absolute atomic E-state index is 10.9. The van der Waals surface area contributed by atoms with Crippen molar-refractivity contribution in [3.05, 3.63) is 12.7 Å². The number of rotatable bonds is 5. The molecule has 1 N–H and O–H groups in total. The molecule has 0 heterocycles. The van der Waals surface area contributed by atoms with Crippen LogP contribution in [0.3, 0.4) is 0 Å². The van der Waals surface area contributed by atoms with Crippen LogP contribution in [0.5, 0.6) is 0 Å². The zero-order valence-corrected chi connectivity index (χ0v) is 7.62. The SMILES string of the molecule is C=CC(C)C(O)CC(=O)OCC. The average molecular weight is 172 g/mol. The molecule has 0 rings (SSSR count). The zero-order valence-electron chi connectivity index (χ0n) is 7.62. The normalized spacial score (nSPS) is 14.9. The van der Waals surface area contributed by atoms with Crippen molar-refractivity contribution in [1.29, 1.82) is 0 Å². The largest absolute Gasteiger partial charge is 0.466 e. The summed E-state index contributed by atoms with van der Waals surface area (Å²) in [5.41, 5.74) is 0.